The normalized spacial score (nSPS) is 11.2. The number of aromatic nitrogens is 1. The fourth-order valence-electron chi connectivity index (χ4n) is 2.00. The van der Waals surface area contributed by atoms with Crippen molar-refractivity contribution < 1.29 is 9.21 Å². The van der Waals surface area contributed by atoms with E-state index < -0.39 is 5.76 Å². The molecule has 0 spiro atoms. The van der Waals surface area contributed by atoms with Gasteiger partial charge in [0.2, 0.25) is 5.91 Å². The van der Waals surface area contributed by atoms with Gasteiger partial charge < -0.3 is 9.73 Å². The van der Waals surface area contributed by atoms with Crippen LogP contribution in [0.15, 0.2) is 27.4 Å². The van der Waals surface area contributed by atoms with Crippen LogP contribution < -0.4 is 11.1 Å². The molecule has 0 aliphatic heterocycles. The number of oxazole rings is 1. The molecular weight excluding hydrogens is 256 g/mol. The standard InChI is InChI=1S/C15H20N2O3/c1-10(2)7-8-16-14(18)6-4-11-3-5-13-12(9-11)17-15(19)20-13/h3,5,9-10H,4,6-8H2,1-2H3,(H,16,18)(H,17,19). The van der Waals surface area contributed by atoms with E-state index in [2.05, 4.69) is 24.1 Å². The molecule has 0 saturated carbocycles. The second-order valence-electron chi connectivity index (χ2n) is 5.38. The number of carbonyl (C=O) groups excluding carboxylic acids is 1. The molecule has 1 heterocycles. The van der Waals surface area contributed by atoms with E-state index in [0.717, 1.165) is 18.5 Å². The van der Waals surface area contributed by atoms with Crippen molar-refractivity contribution in [2.75, 3.05) is 6.54 Å². The summed E-state index contributed by atoms with van der Waals surface area (Å²) in [6.07, 6.45) is 2.09. The van der Waals surface area contributed by atoms with Gasteiger partial charge in [0.1, 0.15) is 0 Å². The van der Waals surface area contributed by atoms with Gasteiger partial charge in [-0.3, -0.25) is 9.78 Å². The largest absolute Gasteiger partial charge is 0.417 e. The van der Waals surface area contributed by atoms with Crippen LogP contribution in [0.1, 0.15) is 32.3 Å². The second kappa shape index (κ2) is 6.41. The number of hydrogen-bond acceptors (Lipinski definition) is 3. The van der Waals surface area contributed by atoms with Crippen LogP contribution in [0.25, 0.3) is 11.1 Å². The lowest BCUT2D eigenvalue weighted by Gasteiger charge is -2.07. The minimum Gasteiger partial charge on any atom is -0.408 e. The molecule has 2 aromatic rings. The van der Waals surface area contributed by atoms with E-state index in [9.17, 15) is 9.59 Å². The summed E-state index contributed by atoms with van der Waals surface area (Å²) in [6.45, 7) is 4.99. The molecule has 2 N–H and O–H groups in total. The molecule has 1 aromatic heterocycles. The number of amides is 1. The predicted molar refractivity (Wildman–Crippen MR) is 77.6 cm³/mol. The molecule has 0 bridgehead atoms. The predicted octanol–water partition coefficient (Wildman–Crippen LogP) is 2.22. The van der Waals surface area contributed by atoms with Crippen LogP contribution in [0.4, 0.5) is 0 Å². The van der Waals surface area contributed by atoms with Crippen molar-refractivity contribution in [2.24, 2.45) is 5.92 Å². The van der Waals surface area contributed by atoms with E-state index in [1.807, 2.05) is 12.1 Å². The van der Waals surface area contributed by atoms with Gasteiger partial charge in [0.25, 0.3) is 0 Å². The number of H-pyrrole nitrogens is 1. The van der Waals surface area contributed by atoms with E-state index >= 15 is 0 Å². The number of nitrogens with one attached hydrogen (secondary N) is 2. The summed E-state index contributed by atoms with van der Waals surface area (Å²) in [6, 6.07) is 5.47. The third-order valence-corrected chi connectivity index (χ3v) is 3.17. The van der Waals surface area contributed by atoms with Crippen molar-refractivity contribution in [3.05, 3.63) is 34.3 Å². The lowest BCUT2D eigenvalue weighted by atomic mass is 10.1. The summed E-state index contributed by atoms with van der Waals surface area (Å²) in [4.78, 5) is 25.3. The average molecular weight is 276 g/mol. The Balaban J connectivity index is 1.85. The third kappa shape index (κ3) is 3.98. The first-order valence-electron chi connectivity index (χ1n) is 6.93. The Labute approximate surface area is 117 Å². The molecule has 5 heteroatoms. The van der Waals surface area contributed by atoms with E-state index in [1.165, 1.54) is 0 Å². The van der Waals surface area contributed by atoms with Crippen LogP contribution >= 0.6 is 0 Å². The third-order valence-electron chi connectivity index (χ3n) is 3.17. The highest BCUT2D eigenvalue weighted by Gasteiger charge is 2.05. The van der Waals surface area contributed by atoms with Gasteiger partial charge in [0.05, 0.1) is 5.52 Å². The first kappa shape index (κ1) is 14.4. The van der Waals surface area contributed by atoms with Crippen LogP contribution in [-0.4, -0.2) is 17.4 Å². The van der Waals surface area contributed by atoms with Crippen molar-refractivity contribution in [2.45, 2.75) is 33.1 Å². The number of aryl methyl sites for hydroxylation is 1. The van der Waals surface area contributed by atoms with Crippen molar-refractivity contribution in [3.8, 4) is 0 Å². The zero-order chi connectivity index (χ0) is 14.5. The molecule has 0 aliphatic carbocycles. The molecule has 20 heavy (non-hydrogen) atoms. The fraction of sp³-hybridized carbons (Fsp3) is 0.467. The summed E-state index contributed by atoms with van der Waals surface area (Å²) in [5.74, 6) is 0.200. The zero-order valence-electron chi connectivity index (χ0n) is 11.9. The van der Waals surface area contributed by atoms with E-state index in [4.69, 9.17) is 4.42 Å². The summed E-state index contributed by atoms with van der Waals surface area (Å²) in [5.41, 5.74) is 2.22. The molecule has 0 fully saturated rings. The lowest BCUT2D eigenvalue weighted by Crippen LogP contribution is -2.25. The molecule has 0 atom stereocenters. The minimum absolute atomic E-state index is 0.0615. The highest BCUT2D eigenvalue weighted by atomic mass is 16.4. The zero-order valence-corrected chi connectivity index (χ0v) is 11.9. The van der Waals surface area contributed by atoms with Crippen LogP contribution in [0.5, 0.6) is 0 Å². The minimum atomic E-state index is -0.455. The van der Waals surface area contributed by atoms with Crippen molar-refractivity contribution >= 4 is 17.0 Å². The van der Waals surface area contributed by atoms with Gasteiger partial charge in [-0.05, 0) is 36.5 Å². The second-order valence-corrected chi connectivity index (χ2v) is 5.38. The van der Waals surface area contributed by atoms with E-state index in [1.54, 1.807) is 6.07 Å². The molecule has 0 saturated heterocycles. The Bertz CT molecular complexity index is 640. The molecule has 5 nitrogen and oxygen atoms in total. The Morgan fingerprint density at radius 1 is 1.40 bits per heavy atom. The van der Waals surface area contributed by atoms with Gasteiger partial charge in [-0.2, -0.15) is 0 Å². The average Bonchev–Trinajstić information content (AvgIpc) is 2.75. The monoisotopic (exact) mass is 276 g/mol. The summed E-state index contributed by atoms with van der Waals surface area (Å²) in [7, 11) is 0. The Kier molecular flexibility index (Phi) is 4.61. The van der Waals surface area contributed by atoms with Gasteiger partial charge in [0, 0.05) is 13.0 Å². The van der Waals surface area contributed by atoms with Gasteiger partial charge in [-0.25, -0.2) is 4.79 Å². The van der Waals surface area contributed by atoms with Crippen LogP contribution in [0.2, 0.25) is 0 Å². The molecule has 0 aliphatic rings. The SMILES string of the molecule is CC(C)CCNC(=O)CCc1ccc2oc(=O)[nH]c2c1. The number of hydrogen-bond donors (Lipinski definition) is 2. The molecule has 2 rings (SSSR count). The molecule has 0 radical (unpaired) electrons. The highest BCUT2D eigenvalue weighted by molar-refractivity contribution is 5.77. The van der Waals surface area contributed by atoms with Crippen LogP contribution in [-0.2, 0) is 11.2 Å². The molecule has 0 unspecified atom stereocenters. The smallest absolute Gasteiger partial charge is 0.408 e. The van der Waals surface area contributed by atoms with E-state index in [0.29, 0.717) is 29.9 Å². The quantitative estimate of drug-likeness (QED) is 0.849. The van der Waals surface area contributed by atoms with E-state index in [-0.39, 0.29) is 5.91 Å². The number of aromatic amines is 1. The Morgan fingerprint density at radius 3 is 2.95 bits per heavy atom. The number of rotatable bonds is 6. The summed E-state index contributed by atoms with van der Waals surface area (Å²) < 4.78 is 4.93. The fourth-order valence-corrected chi connectivity index (χ4v) is 2.00. The summed E-state index contributed by atoms with van der Waals surface area (Å²) >= 11 is 0. The maximum absolute atomic E-state index is 11.7. The first-order chi connectivity index (χ1) is 9.54. The van der Waals surface area contributed by atoms with Crippen molar-refractivity contribution in [1.82, 2.24) is 10.3 Å². The molecule has 1 amide bonds. The van der Waals surface area contributed by atoms with Gasteiger partial charge in [0.15, 0.2) is 5.58 Å². The number of fused-ring (bicyclic) bond motifs is 1. The Hall–Kier alpha value is -2.04. The van der Waals surface area contributed by atoms with Crippen molar-refractivity contribution in [1.29, 1.82) is 0 Å². The van der Waals surface area contributed by atoms with Gasteiger partial charge in [-0.1, -0.05) is 19.9 Å². The van der Waals surface area contributed by atoms with Gasteiger partial charge >= 0.3 is 5.76 Å². The van der Waals surface area contributed by atoms with Gasteiger partial charge in [-0.15, -0.1) is 0 Å². The maximum atomic E-state index is 11.7. The van der Waals surface area contributed by atoms with Crippen molar-refractivity contribution in [3.63, 3.8) is 0 Å². The Morgan fingerprint density at radius 2 is 2.20 bits per heavy atom. The molecule has 108 valence electrons. The van der Waals surface area contributed by atoms with Crippen LogP contribution in [0, 0.1) is 5.92 Å². The number of benzene rings is 1. The van der Waals surface area contributed by atoms with Crippen LogP contribution in [0.3, 0.4) is 0 Å². The topological polar surface area (TPSA) is 75.1 Å². The maximum Gasteiger partial charge on any atom is 0.417 e. The highest BCUT2D eigenvalue weighted by Crippen LogP contribution is 2.13. The molecular formula is C15H20N2O3. The number of carbonyl (C=O) groups is 1. The first-order valence-corrected chi connectivity index (χ1v) is 6.93. The lowest BCUT2D eigenvalue weighted by molar-refractivity contribution is -0.121. The summed E-state index contributed by atoms with van der Waals surface area (Å²) in [5, 5.41) is 2.91. The molecule has 1 aromatic carbocycles.